The summed E-state index contributed by atoms with van der Waals surface area (Å²) < 4.78 is 5.75. The monoisotopic (exact) mass is 410 g/mol. The van der Waals surface area contributed by atoms with Crippen molar-refractivity contribution >= 4 is 11.9 Å². The summed E-state index contributed by atoms with van der Waals surface area (Å²) in [4.78, 5) is 16.2. The molecule has 0 aliphatic carbocycles. The van der Waals surface area contributed by atoms with E-state index in [1.165, 1.54) is 0 Å². The Labute approximate surface area is 180 Å². The number of carbonyl (C=O) groups excluding carboxylic acids is 1. The lowest BCUT2D eigenvalue weighted by atomic mass is 10.1. The Kier molecular flexibility index (Phi) is 9.19. The highest BCUT2D eigenvalue weighted by molar-refractivity contribution is 5.94. The molecular weight excluding hydrogens is 376 g/mol. The molecule has 0 saturated heterocycles. The fourth-order valence-electron chi connectivity index (χ4n) is 2.82. The summed E-state index contributed by atoms with van der Waals surface area (Å²) in [7, 11) is 1.75. The van der Waals surface area contributed by atoms with Crippen LogP contribution >= 0.6 is 0 Å². The smallest absolute Gasteiger partial charge is 0.251 e. The fourth-order valence-corrected chi connectivity index (χ4v) is 2.82. The largest absolute Gasteiger partial charge is 0.493 e. The molecule has 162 valence electrons. The van der Waals surface area contributed by atoms with Crippen molar-refractivity contribution in [3.05, 3.63) is 65.2 Å². The van der Waals surface area contributed by atoms with Crippen LogP contribution in [0.25, 0.3) is 0 Å². The molecule has 0 fully saturated rings. The third kappa shape index (κ3) is 7.43. The zero-order chi connectivity index (χ0) is 21.9. The van der Waals surface area contributed by atoms with E-state index >= 15 is 0 Å². The highest BCUT2D eigenvalue weighted by atomic mass is 16.5. The molecule has 2 aromatic rings. The molecule has 0 spiro atoms. The van der Waals surface area contributed by atoms with Crippen LogP contribution in [0.5, 0.6) is 5.75 Å². The zero-order valence-corrected chi connectivity index (χ0v) is 18.7. The normalized spacial score (nSPS) is 12.4. The van der Waals surface area contributed by atoms with Gasteiger partial charge in [-0.1, -0.05) is 38.1 Å². The molecule has 0 radical (unpaired) electrons. The van der Waals surface area contributed by atoms with Crippen LogP contribution in [0.1, 0.15) is 55.2 Å². The average Bonchev–Trinajstić information content (AvgIpc) is 2.75. The summed E-state index contributed by atoms with van der Waals surface area (Å²) in [5.74, 6) is 2.06. The van der Waals surface area contributed by atoms with Crippen LogP contribution in [-0.2, 0) is 6.54 Å². The standard InChI is InChI=1S/C24H34N4O2/c1-6-26-23(29)21-9-7-19(8-10-21)15-27-24(25-5)28-18(4)20-11-13-22(14-12-20)30-16-17(2)3/h7-14,17-18H,6,15-16H2,1-5H3,(H,26,29)(H2,25,27,28). The molecule has 0 aromatic heterocycles. The van der Waals surface area contributed by atoms with E-state index in [-0.39, 0.29) is 11.9 Å². The van der Waals surface area contributed by atoms with Crippen LogP contribution < -0.4 is 20.7 Å². The Morgan fingerprint density at radius 1 is 1.00 bits per heavy atom. The minimum atomic E-state index is -0.0519. The maximum Gasteiger partial charge on any atom is 0.251 e. The fraction of sp³-hybridized carbons (Fsp3) is 0.417. The minimum Gasteiger partial charge on any atom is -0.493 e. The Balaban J connectivity index is 1.87. The van der Waals surface area contributed by atoms with Gasteiger partial charge in [-0.05, 0) is 55.2 Å². The topological polar surface area (TPSA) is 74.8 Å². The molecule has 0 heterocycles. The molecule has 1 unspecified atom stereocenters. The number of hydrogen-bond acceptors (Lipinski definition) is 3. The van der Waals surface area contributed by atoms with E-state index in [1.807, 2.05) is 43.3 Å². The highest BCUT2D eigenvalue weighted by Crippen LogP contribution is 2.18. The number of rotatable bonds is 9. The van der Waals surface area contributed by atoms with Crippen molar-refractivity contribution in [1.29, 1.82) is 0 Å². The summed E-state index contributed by atoms with van der Waals surface area (Å²) in [6.07, 6.45) is 0. The Bertz CT molecular complexity index is 814. The van der Waals surface area contributed by atoms with Gasteiger partial charge in [-0.25, -0.2) is 0 Å². The average molecular weight is 411 g/mol. The molecule has 30 heavy (non-hydrogen) atoms. The lowest BCUT2D eigenvalue weighted by Gasteiger charge is -2.19. The van der Waals surface area contributed by atoms with Gasteiger partial charge in [0.25, 0.3) is 5.91 Å². The van der Waals surface area contributed by atoms with Gasteiger partial charge in [-0.15, -0.1) is 0 Å². The third-order valence-corrected chi connectivity index (χ3v) is 4.55. The van der Waals surface area contributed by atoms with E-state index in [2.05, 4.69) is 53.8 Å². The second kappa shape index (κ2) is 11.9. The molecule has 1 atom stereocenters. The number of ether oxygens (including phenoxy) is 1. The lowest BCUT2D eigenvalue weighted by molar-refractivity contribution is 0.0956. The first-order chi connectivity index (χ1) is 14.4. The molecule has 0 saturated carbocycles. The molecule has 0 aliphatic rings. The number of aliphatic imine (C=N–C) groups is 1. The van der Waals surface area contributed by atoms with E-state index in [9.17, 15) is 4.79 Å². The van der Waals surface area contributed by atoms with Crippen LogP contribution in [-0.4, -0.2) is 32.1 Å². The van der Waals surface area contributed by atoms with E-state index in [0.717, 1.165) is 22.8 Å². The van der Waals surface area contributed by atoms with Crippen molar-refractivity contribution in [3.8, 4) is 5.75 Å². The van der Waals surface area contributed by atoms with Gasteiger partial charge in [0.05, 0.1) is 12.6 Å². The predicted octanol–water partition coefficient (Wildman–Crippen LogP) is 3.90. The summed E-state index contributed by atoms with van der Waals surface area (Å²) in [5.41, 5.74) is 2.89. The molecule has 1 amide bonds. The van der Waals surface area contributed by atoms with Gasteiger partial charge < -0.3 is 20.7 Å². The second-order valence-electron chi connectivity index (χ2n) is 7.62. The van der Waals surface area contributed by atoms with E-state index < -0.39 is 0 Å². The van der Waals surface area contributed by atoms with Crippen LogP contribution in [0.15, 0.2) is 53.5 Å². The Morgan fingerprint density at radius 3 is 2.23 bits per heavy atom. The minimum absolute atomic E-state index is 0.0519. The van der Waals surface area contributed by atoms with Crippen molar-refractivity contribution in [2.24, 2.45) is 10.9 Å². The first kappa shape index (κ1) is 23.3. The van der Waals surface area contributed by atoms with Crippen molar-refractivity contribution < 1.29 is 9.53 Å². The molecule has 3 N–H and O–H groups in total. The first-order valence-electron chi connectivity index (χ1n) is 10.5. The van der Waals surface area contributed by atoms with Gasteiger partial charge in [-0.3, -0.25) is 9.79 Å². The number of benzene rings is 2. The highest BCUT2D eigenvalue weighted by Gasteiger charge is 2.09. The van der Waals surface area contributed by atoms with Crippen LogP contribution in [0, 0.1) is 5.92 Å². The van der Waals surface area contributed by atoms with Crippen LogP contribution in [0.2, 0.25) is 0 Å². The van der Waals surface area contributed by atoms with Gasteiger partial charge in [0.2, 0.25) is 0 Å². The Hall–Kier alpha value is -3.02. The maximum atomic E-state index is 11.8. The summed E-state index contributed by atoms with van der Waals surface area (Å²) in [5, 5.41) is 9.52. The molecule has 6 nitrogen and oxygen atoms in total. The molecule has 6 heteroatoms. The molecule has 2 aromatic carbocycles. The number of hydrogen-bond donors (Lipinski definition) is 3. The number of amides is 1. The Morgan fingerprint density at radius 2 is 1.67 bits per heavy atom. The SMILES string of the molecule is CCNC(=O)c1ccc(CNC(=NC)NC(C)c2ccc(OCC(C)C)cc2)cc1. The second-order valence-corrected chi connectivity index (χ2v) is 7.62. The van der Waals surface area contributed by atoms with Gasteiger partial charge in [0.1, 0.15) is 5.75 Å². The van der Waals surface area contributed by atoms with Crippen molar-refractivity contribution in [3.63, 3.8) is 0 Å². The van der Waals surface area contributed by atoms with Gasteiger partial charge >= 0.3 is 0 Å². The van der Waals surface area contributed by atoms with Crippen LogP contribution in [0.4, 0.5) is 0 Å². The van der Waals surface area contributed by atoms with E-state index in [4.69, 9.17) is 4.74 Å². The van der Waals surface area contributed by atoms with Gasteiger partial charge in [0, 0.05) is 25.7 Å². The lowest BCUT2D eigenvalue weighted by Crippen LogP contribution is -2.38. The predicted molar refractivity (Wildman–Crippen MR) is 123 cm³/mol. The quantitative estimate of drug-likeness (QED) is 0.433. The number of nitrogens with zero attached hydrogens (tertiary/aromatic N) is 1. The number of nitrogens with one attached hydrogen (secondary N) is 3. The van der Waals surface area contributed by atoms with E-state index in [0.29, 0.717) is 31.2 Å². The molecule has 0 bridgehead atoms. The first-order valence-corrected chi connectivity index (χ1v) is 10.5. The number of guanidine groups is 1. The third-order valence-electron chi connectivity index (χ3n) is 4.55. The summed E-state index contributed by atoms with van der Waals surface area (Å²) in [6.45, 7) is 10.2. The number of carbonyl (C=O) groups is 1. The zero-order valence-electron chi connectivity index (χ0n) is 18.7. The maximum absolute atomic E-state index is 11.8. The molecule has 2 rings (SSSR count). The molecular formula is C24H34N4O2. The van der Waals surface area contributed by atoms with E-state index in [1.54, 1.807) is 7.05 Å². The van der Waals surface area contributed by atoms with Crippen LogP contribution in [0.3, 0.4) is 0 Å². The summed E-state index contributed by atoms with van der Waals surface area (Å²) >= 11 is 0. The van der Waals surface area contributed by atoms with Crippen molar-refractivity contribution in [2.45, 2.75) is 40.3 Å². The van der Waals surface area contributed by atoms with Gasteiger partial charge in [-0.2, -0.15) is 0 Å². The molecule has 0 aliphatic heterocycles. The summed E-state index contributed by atoms with van der Waals surface area (Å²) in [6, 6.07) is 15.8. The van der Waals surface area contributed by atoms with Crippen molar-refractivity contribution in [2.75, 3.05) is 20.2 Å². The van der Waals surface area contributed by atoms with Crippen molar-refractivity contribution in [1.82, 2.24) is 16.0 Å². The van der Waals surface area contributed by atoms with Gasteiger partial charge in [0.15, 0.2) is 5.96 Å².